The van der Waals surface area contributed by atoms with Gasteiger partial charge in [-0.05, 0) is 30.3 Å². The predicted octanol–water partition coefficient (Wildman–Crippen LogP) is 4.46. The number of nitrogens with one attached hydrogen (secondary N) is 1. The molecule has 0 aromatic heterocycles. The van der Waals surface area contributed by atoms with Crippen LogP contribution in [0.4, 0.5) is 5.69 Å². The highest BCUT2D eigenvalue weighted by atomic mass is 16.5. The highest BCUT2D eigenvalue weighted by Gasteiger charge is 2.15. The van der Waals surface area contributed by atoms with Crippen molar-refractivity contribution < 1.29 is 23.8 Å². The summed E-state index contributed by atoms with van der Waals surface area (Å²) >= 11 is 0. The Hall–Kier alpha value is -3.80. The van der Waals surface area contributed by atoms with Crippen LogP contribution in [0, 0.1) is 0 Å². The van der Waals surface area contributed by atoms with Crippen LogP contribution in [0.15, 0.2) is 72.8 Å². The number of benzene rings is 3. The zero-order valence-electron chi connectivity index (χ0n) is 16.2. The van der Waals surface area contributed by atoms with Crippen LogP contribution in [-0.4, -0.2) is 26.1 Å². The molecule has 6 nitrogen and oxygen atoms in total. The highest BCUT2D eigenvalue weighted by Crippen LogP contribution is 2.33. The van der Waals surface area contributed by atoms with Gasteiger partial charge < -0.3 is 19.5 Å². The van der Waals surface area contributed by atoms with E-state index in [0.717, 1.165) is 0 Å². The van der Waals surface area contributed by atoms with Crippen LogP contribution in [-0.2, 0) is 16.0 Å². The van der Waals surface area contributed by atoms with Gasteiger partial charge in [0.05, 0.1) is 31.9 Å². The summed E-state index contributed by atoms with van der Waals surface area (Å²) in [6.07, 6.45) is 0.0703. The molecule has 0 unspecified atom stereocenters. The Bertz CT molecular complexity index is 1020. The van der Waals surface area contributed by atoms with Gasteiger partial charge >= 0.3 is 5.97 Å². The molecule has 0 bridgehead atoms. The molecule has 3 aromatic rings. The number of hydrogen-bond acceptors (Lipinski definition) is 5. The molecule has 1 amide bonds. The predicted molar refractivity (Wildman–Crippen MR) is 110 cm³/mol. The van der Waals surface area contributed by atoms with Gasteiger partial charge in [-0.2, -0.15) is 0 Å². The van der Waals surface area contributed by atoms with Crippen molar-refractivity contribution >= 4 is 17.6 Å². The fourth-order valence-corrected chi connectivity index (χ4v) is 2.82. The van der Waals surface area contributed by atoms with Gasteiger partial charge in [0, 0.05) is 5.56 Å². The molecule has 0 saturated carbocycles. The number of carbonyl (C=O) groups excluding carboxylic acids is 2. The molecule has 0 saturated heterocycles. The Balaban J connectivity index is 1.78. The van der Waals surface area contributed by atoms with Crippen LogP contribution < -0.4 is 14.8 Å². The first-order valence-electron chi connectivity index (χ1n) is 8.98. The molecule has 3 aromatic carbocycles. The molecule has 0 aliphatic heterocycles. The summed E-state index contributed by atoms with van der Waals surface area (Å²) in [5.41, 5.74) is 1.39. The number of esters is 1. The van der Waals surface area contributed by atoms with Crippen LogP contribution in [0.2, 0.25) is 0 Å². The molecule has 3 rings (SSSR count). The summed E-state index contributed by atoms with van der Waals surface area (Å²) in [5, 5.41) is 2.77. The number of rotatable bonds is 7. The Morgan fingerprint density at radius 3 is 2.14 bits per heavy atom. The number of carbonyl (C=O) groups is 2. The van der Waals surface area contributed by atoms with Gasteiger partial charge in [-0.1, -0.05) is 42.5 Å². The minimum Gasteiger partial charge on any atom is -0.493 e. The monoisotopic (exact) mass is 391 g/mol. The second-order valence-electron chi connectivity index (χ2n) is 6.12. The van der Waals surface area contributed by atoms with E-state index >= 15 is 0 Å². The molecule has 0 spiro atoms. The average molecular weight is 391 g/mol. The summed E-state index contributed by atoms with van der Waals surface area (Å²) < 4.78 is 16.1. The first-order chi connectivity index (χ1) is 14.1. The second-order valence-corrected chi connectivity index (χ2v) is 6.12. The van der Waals surface area contributed by atoms with Crippen molar-refractivity contribution in [1.82, 2.24) is 0 Å². The lowest BCUT2D eigenvalue weighted by atomic mass is 10.1. The quantitative estimate of drug-likeness (QED) is 0.602. The molecule has 148 valence electrons. The number of anilines is 1. The van der Waals surface area contributed by atoms with E-state index in [1.807, 2.05) is 30.3 Å². The van der Waals surface area contributed by atoms with E-state index in [4.69, 9.17) is 14.2 Å². The number of hydrogen-bond donors (Lipinski definition) is 1. The van der Waals surface area contributed by atoms with Crippen LogP contribution in [0.1, 0.15) is 15.9 Å². The van der Waals surface area contributed by atoms with Crippen molar-refractivity contribution in [2.45, 2.75) is 6.42 Å². The molecule has 6 heteroatoms. The summed E-state index contributed by atoms with van der Waals surface area (Å²) in [6, 6.07) is 21.3. The Kier molecular flexibility index (Phi) is 6.47. The lowest BCUT2D eigenvalue weighted by Gasteiger charge is -2.14. The Morgan fingerprint density at radius 2 is 1.41 bits per heavy atom. The summed E-state index contributed by atoms with van der Waals surface area (Å²) in [6.45, 7) is 0. The van der Waals surface area contributed by atoms with Gasteiger partial charge in [0.15, 0.2) is 11.5 Å². The fraction of sp³-hybridized carbons (Fsp3) is 0.130. The summed E-state index contributed by atoms with van der Waals surface area (Å²) in [7, 11) is 2.87. The zero-order valence-corrected chi connectivity index (χ0v) is 16.2. The van der Waals surface area contributed by atoms with Gasteiger partial charge in [0.2, 0.25) is 5.91 Å². The van der Waals surface area contributed by atoms with Crippen molar-refractivity contribution in [3.8, 4) is 17.2 Å². The van der Waals surface area contributed by atoms with E-state index in [1.165, 1.54) is 7.11 Å². The lowest BCUT2D eigenvalue weighted by molar-refractivity contribution is -0.115. The molecular formula is C23H21NO5. The summed E-state index contributed by atoms with van der Waals surface area (Å²) in [4.78, 5) is 24.5. The summed E-state index contributed by atoms with van der Waals surface area (Å²) in [5.74, 6) is 0.907. The Morgan fingerprint density at radius 1 is 0.793 bits per heavy atom. The van der Waals surface area contributed by atoms with E-state index in [1.54, 1.807) is 49.6 Å². The number of ether oxygens (including phenoxy) is 3. The smallest absolute Gasteiger partial charge is 0.339 e. The first kappa shape index (κ1) is 19.9. The van der Waals surface area contributed by atoms with Crippen molar-refractivity contribution in [3.05, 3.63) is 83.9 Å². The molecule has 1 N–H and O–H groups in total. The third kappa shape index (κ3) is 4.93. The number of methoxy groups -OCH3 is 2. The maximum Gasteiger partial charge on any atom is 0.339 e. The zero-order chi connectivity index (χ0) is 20.6. The van der Waals surface area contributed by atoms with E-state index in [2.05, 4.69) is 5.32 Å². The van der Waals surface area contributed by atoms with Crippen molar-refractivity contribution in [3.63, 3.8) is 0 Å². The Labute approximate surface area is 169 Å². The minimum atomic E-state index is -0.513. The standard InChI is InChI=1S/C23H21NO5/c1-27-20-13-7-8-14-21(20)29-19-12-6-3-9-16(19)15-22(25)24-18-11-5-4-10-17(18)23(26)28-2/h3-14H,15H2,1-2H3,(H,24,25). The molecule has 0 radical (unpaired) electrons. The highest BCUT2D eigenvalue weighted by molar-refractivity contribution is 6.01. The maximum atomic E-state index is 12.6. The van der Waals surface area contributed by atoms with Crippen molar-refractivity contribution in [2.75, 3.05) is 19.5 Å². The van der Waals surface area contributed by atoms with Crippen LogP contribution >= 0.6 is 0 Å². The minimum absolute atomic E-state index is 0.0703. The van der Waals surface area contributed by atoms with Crippen molar-refractivity contribution in [1.29, 1.82) is 0 Å². The van der Waals surface area contributed by atoms with Gasteiger partial charge in [-0.3, -0.25) is 4.79 Å². The molecule has 0 aliphatic rings. The number of amides is 1. The fourth-order valence-electron chi connectivity index (χ4n) is 2.82. The van der Waals surface area contributed by atoms with E-state index < -0.39 is 5.97 Å². The maximum absolute atomic E-state index is 12.6. The van der Waals surface area contributed by atoms with Crippen LogP contribution in [0.25, 0.3) is 0 Å². The normalized spacial score (nSPS) is 10.1. The SMILES string of the molecule is COC(=O)c1ccccc1NC(=O)Cc1ccccc1Oc1ccccc1OC. The van der Waals surface area contributed by atoms with Gasteiger partial charge in [0.25, 0.3) is 0 Å². The van der Waals surface area contributed by atoms with E-state index in [-0.39, 0.29) is 12.3 Å². The molecule has 0 heterocycles. The van der Waals surface area contributed by atoms with Gasteiger partial charge in [-0.15, -0.1) is 0 Å². The molecular weight excluding hydrogens is 370 g/mol. The van der Waals surface area contributed by atoms with E-state index in [9.17, 15) is 9.59 Å². The van der Waals surface area contributed by atoms with Gasteiger partial charge in [-0.25, -0.2) is 4.79 Å². The largest absolute Gasteiger partial charge is 0.493 e. The lowest BCUT2D eigenvalue weighted by Crippen LogP contribution is -2.17. The van der Waals surface area contributed by atoms with Crippen molar-refractivity contribution in [2.24, 2.45) is 0 Å². The van der Waals surface area contributed by atoms with Gasteiger partial charge in [0.1, 0.15) is 5.75 Å². The van der Waals surface area contributed by atoms with E-state index in [0.29, 0.717) is 34.1 Å². The molecule has 0 fully saturated rings. The topological polar surface area (TPSA) is 73.9 Å². The third-order valence-corrected chi connectivity index (χ3v) is 4.22. The first-order valence-corrected chi connectivity index (χ1v) is 8.98. The molecule has 29 heavy (non-hydrogen) atoms. The van der Waals surface area contributed by atoms with Crippen LogP contribution in [0.3, 0.4) is 0 Å². The molecule has 0 atom stereocenters. The molecule has 0 aliphatic carbocycles. The third-order valence-electron chi connectivity index (χ3n) is 4.22. The number of para-hydroxylation sites is 4. The average Bonchev–Trinajstić information content (AvgIpc) is 2.75. The second kappa shape index (κ2) is 9.41. The van der Waals surface area contributed by atoms with Crippen LogP contribution in [0.5, 0.6) is 17.2 Å².